The molecule has 0 aliphatic carbocycles. The minimum Gasteiger partial charge on any atom is -0.493 e. The van der Waals surface area contributed by atoms with E-state index >= 15 is 0 Å². The third-order valence-electron chi connectivity index (χ3n) is 2.60. The monoisotopic (exact) mass is 233 g/mol. The van der Waals surface area contributed by atoms with Gasteiger partial charge in [-0.1, -0.05) is 0 Å². The van der Waals surface area contributed by atoms with Gasteiger partial charge in [0.05, 0.1) is 17.8 Å². The number of nitrogens with zero attached hydrogens (tertiary/aromatic N) is 1. The smallest absolute Gasteiger partial charge is 0.128 e. The Labute approximate surface area is 99.9 Å². The first kappa shape index (κ1) is 11.1. The third-order valence-corrected chi connectivity index (χ3v) is 3.19. The van der Waals surface area contributed by atoms with E-state index in [2.05, 4.69) is 31.0 Å². The lowest BCUT2D eigenvalue weighted by Crippen LogP contribution is -1.96. The summed E-state index contributed by atoms with van der Waals surface area (Å²) in [5.41, 5.74) is 6.46. The van der Waals surface area contributed by atoms with Crippen LogP contribution in [0.4, 0.5) is 0 Å². The van der Waals surface area contributed by atoms with Gasteiger partial charge in [-0.2, -0.15) is 0 Å². The van der Waals surface area contributed by atoms with Gasteiger partial charge < -0.3 is 4.74 Å². The van der Waals surface area contributed by atoms with Crippen molar-refractivity contribution in [3.05, 3.63) is 34.2 Å². The van der Waals surface area contributed by atoms with E-state index in [9.17, 15) is 0 Å². The topological polar surface area (TPSA) is 22.1 Å². The maximum absolute atomic E-state index is 5.66. The van der Waals surface area contributed by atoms with Crippen molar-refractivity contribution in [3.8, 4) is 17.0 Å². The second-order valence-corrected chi connectivity index (χ2v) is 4.46. The predicted molar refractivity (Wildman–Crippen MR) is 68.2 cm³/mol. The number of thiazole rings is 1. The summed E-state index contributed by atoms with van der Waals surface area (Å²) in [5.74, 6) is 0.927. The van der Waals surface area contributed by atoms with Crippen LogP contribution in [0.5, 0.6) is 5.75 Å². The molecule has 2 aromatic rings. The molecular formula is C13H15NOS. The van der Waals surface area contributed by atoms with Crippen molar-refractivity contribution >= 4 is 11.3 Å². The minimum atomic E-state index is 0.680. The molecule has 84 valence electrons. The van der Waals surface area contributed by atoms with E-state index < -0.39 is 0 Å². The highest BCUT2D eigenvalue weighted by molar-refractivity contribution is 7.07. The van der Waals surface area contributed by atoms with Crippen LogP contribution >= 0.6 is 11.3 Å². The van der Waals surface area contributed by atoms with E-state index in [-0.39, 0.29) is 0 Å². The van der Waals surface area contributed by atoms with Gasteiger partial charge >= 0.3 is 0 Å². The Morgan fingerprint density at radius 2 is 2.00 bits per heavy atom. The van der Waals surface area contributed by atoms with Gasteiger partial charge in [0.1, 0.15) is 5.75 Å². The van der Waals surface area contributed by atoms with Crippen molar-refractivity contribution < 1.29 is 4.74 Å². The Morgan fingerprint density at radius 3 is 2.62 bits per heavy atom. The molecule has 0 fully saturated rings. The normalized spacial score (nSPS) is 10.4. The van der Waals surface area contributed by atoms with Crippen LogP contribution in [0.25, 0.3) is 11.3 Å². The first-order chi connectivity index (χ1) is 7.72. The predicted octanol–water partition coefficient (Wildman–Crippen LogP) is 3.83. The maximum atomic E-state index is 5.66. The van der Waals surface area contributed by atoms with Crippen LogP contribution in [0.1, 0.15) is 18.1 Å². The van der Waals surface area contributed by atoms with E-state index in [1.54, 1.807) is 11.3 Å². The number of hydrogen-bond acceptors (Lipinski definition) is 3. The Bertz CT molecular complexity index is 477. The Kier molecular flexibility index (Phi) is 3.25. The van der Waals surface area contributed by atoms with E-state index in [1.807, 2.05) is 17.8 Å². The molecule has 0 spiro atoms. The molecule has 0 bridgehead atoms. The van der Waals surface area contributed by atoms with E-state index in [1.165, 1.54) is 11.1 Å². The highest BCUT2D eigenvalue weighted by Crippen LogP contribution is 2.32. The summed E-state index contributed by atoms with van der Waals surface area (Å²) in [5, 5.41) is 2.05. The zero-order valence-electron chi connectivity index (χ0n) is 9.78. The standard InChI is InChI=1S/C13H15NOS/c1-4-15-13-6-10(3)9(2)5-11(13)12-7-16-8-14-12/h5-8H,4H2,1-3H3. The van der Waals surface area contributed by atoms with Gasteiger partial charge in [0.2, 0.25) is 0 Å². The summed E-state index contributed by atoms with van der Waals surface area (Å²) < 4.78 is 5.66. The minimum absolute atomic E-state index is 0.680. The Morgan fingerprint density at radius 1 is 1.25 bits per heavy atom. The number of hydrogen-bond donors (Lipinski definition) is 0. The van der Waals surface area contributed by atoms with Crippen molar-refractivity contribution in [1.82, 2.24) is 4.98 Å². The molecule has 0 radical (unpaired) electrons. The van der Waals surface area contributed by atoms with E-state index in [0.29, 0.717) is 6.61 Å². The molecule has 0 saturated heterocycles. The maximum Gasteiger partial charge on any atom is 0.128 e. The molecule has 2 nitrogen and oxygen atoms in total. The summed E-state index contributed by atoms with van der Waals surface area (Å²) in [4.78, 5) is 4.34. The van der Waals surface area contributed by atoms with Crippen LogP contribution in [0.2, 0.25) is 0 Å². The number of rotatable bonds is 3. The molecule has 1 heterocycles. The molecule has 0 unspecified atom stereocenters. The molecule has 0 aliphatic heterocycles. The van der Waals surface area contributed by atoms with Crippen molar-refractivity contribution in [2.45, 2.75) is 20.8 Å². The molecule has 0 atom stereocenters. The highest BCUT2D eigenvalue weighted by Gasteiger charge is 2.10. The first-order valence-electron chi connectivity index (χ1n) is 5.35. The van der Waals surface area contributed by atoms with Crippen LogP contribution in [-0.4, -0.2) is 11.6 Å². The Balaban J connectivity index is 2.54. The Hall–Kier alpha value is -1.35. The highest BCUT2D eigenvalue weighted by atomic mass is 32.1. The molecule has 0 aliphatic rings. The quantitative estimate of drug-likeness (QED) is 0.804. The fraction of sp³-hybridized carbons (Fsp3) is 0.308. The molecule has 1 aromatic heterocycles. The molecule has 1 aromatic carbocycles. The number of aryl methyl sites for hydroxylation is 2. The van der Waals surface area contributed by atoms with Crippen molar-refractivity contribution in [3.63, 3.8) is 0 Å². The summed E-state index contributed by atoms with van der Waals surface area (Å²) in [6.45, 7) is 6.89. The molecule has 0 N–H and O–H groups in total. The van der Waals surface area contributed by atoms with Gasteiger partial charge in [-0.3, -0.25) is 0 Å². The van der Waals surface area contributed by atoms with E-state index in [4.69, 9.17) is 4.74 Å². The average Bonchev–Trinajstić information content (AvgIpc) is 2.76. The van der Waals surface area contributed by atoms with Gasteiger partial charge in [0.25, 0.3) is 0 Å². The first-order valence-corrected chi connectivity index (χ1v) is 6.29. The molecular weight excluding hydrogens is 218 g/mol. The summed E-state index contributed by atoms with van der Waals surface area (Å²) in [7, 11) is 0. The molecule has 0 saturated carbocycles. The van der Waals surface area contributed by atoms with E-state index in [0.717, 1.165) is 17.0 Å². The molecule has 2 rings (SSSR count). The van der Waals surface area contributed by atoms with Crippen LogP contribution in [0, 0.1) is 13.8 Å². The van der Waals surface area contributed by atoms with Crippen LogP contribution in [0.3, 0.4) is 0 Å². The van der Waals surface area contributed by atoms with Crippen molar-refractivity contribution in [1.29, 1.82) is 0 Å². The van der Waals surface area contributed by atoms with Gasteiger partial charge in [0.15, 0.2) is 0 Å². The number of benzene rings is 1. The lowest BCUT2D eigenvalue weighted by molar-refractivity contribution is 0.341. The third kappa shape index (κ3) is 2.09. The zero-order chi connectivity index (χ0) is 11.5. The second-order valence-electron chi connectivity index (χ2n) is 3.74. The zero-order valence-corrected chi connectivity index (χ0v) is 10.6. The number of ether oxygens (including phenoxy) is 1. The van der Waals surface area contributed by atoms with Gasteiger partial charge in [-0.05, 0) is 44.0 Å². The number of aromatic nitrogens is 1. The summed E-state index contributed by atoms with van der Waals surface area (Å²) >= 11 is 1.60. The summed E-state index contributed by atoms with van der Waals surface area (Å²) in [6, 6.07) is 4.24. The van der Waals surface area contributed by atoms with Gasteiger partial charge in [0, 0.05) is 10.9 Å². The lowest BCUT2D eigenvalue weighted by Gasteiger charge is -2.11. The van der Waals surface area contributed by atoms with Crippen molar-refractivity contribution in [2.24, 2.45) is 0 Å². The van der Waals surface area contributed by atoms with Gasteiger partial charge in [-0.25, -0.2) is 4.98 Å². The lowest BCUT2D eigenvalue weighted by atomic mass is 10.0. The molecule has 0 amide bonds. The molecule has 16 heavy (non-hydrogen) atoms. The summed E-state index contributed by atoms with van der Waals surface area (Å²) in [6.07, 6.45) is 0. The van der Waals surface area contributed by atoms with Crippen LogP contribution in [-0.2, 0) is 0 Å². The van der Waals surface area contributed by atoms with Crippen LogP contribution < -0.4 is 4.74 Å². The van der Waals surface area contributed by atoms with Crippen molar-refractivity contribution in [2.75, 3.05) is 6.61 Å². The largest absolute Gasteiger partial charge is 0.493 e. The fourth-order valence-corrected chi connectivity index (χ4v) is 2.16. The fourth-order valence-electron chi connectivity index (χ4n) is 1.61. The van der Waals surface area contributed by atoms with Gasteiger partial charge in [-0.15, -0.1) is 11.3 Å². The van der Waals surface area contributed by atoms with Crippen LogP contribution in [0.15, 0.2) is 23.0 Å². The SMILES string of the molecule is CCOc1cc(C)c(C)cc1-c1cscn1. The second kappa shape index (κ2) is 4.66. The average molecular weight is 233 g/mol. The molecule has 3 heteroatoms.